The molecule has 6 nitrogen and oxygen atoms in total. The van der Waals surface area contributed by atoms with E-state index in [1.165, 1.54) is 23.5 Å². The summed E-state index contributed by atoms with van der Waals surface area (Å²) in [4.78, 5) is 14.6. The topological polar surface area (TPSA) is 67.4 Å². The standard InChI is InChI=1S/C22H25FN4O2S/c1-4-27(15(2)17-6-5-7-19(12-17)29-3)14-20-25-26-22(30-20)21(28)24-13-16-8-10-18(23)11-9-16/h5-12,15H,4,13-14H2,1-3H3,(H,24,28). The summed E-state index contributed by atoms with van der Waals surface area (Å²) in [6.07, 6.45) is 0. The zero-order chi connectivity index (χ0) is 21.5. The average Bonchev–Trinajstić information content (AvgIpc) is 3.25. The number of aromatic nitrogens is 2. The zero-order valence-electron chi connectivity index (χ0n) is 17.3. The Kier molecular flexibility index (Phi) is 7.48. The summed E-state index contributed by atoms with van der Waals surface area (Å²) in [5.74, 6) is 0.237. The number of halogens is 1. The van der Waals surface area contributed by atoms with E-state index in [2.05, 4.69) is 40.3 Å². The molecule has 0 radical (unpaired) electrons. The van der Waals surface area contributed by atoms with Crippen molar-refractivity contribution in [2.24, 2.45) is 0 Å². The van der Waals surface area contributed by atoms with Gasteiger partial charge >= 0.3 is 0 Å². The molecule has 2 aromatic carbocycles. The van der Waals surface area contributed by atoms with Crippen LogP contribution in [0.3, 0.4) is 0 Å². The van der Waals surface area contributed by atoms with Crippen molar-refractivity contribution in [2.45, 2.75) is 33.0 Å². The molecule has 0 fully saturated rings. The summed E-state index contributed by atoms with van der Waals surface area (Å²) in [6.45, 7) is 5.95. The predicted molar refractivity (Wildman–Crippen MR) is 115 cm³/mol. The van der Waals surface area contributed by atoms with Gasteiger partial charge in [-0.1, -0.05) is 42.5 Å². The lowest BCUT2D eigenvalue weighted by Gasteiger charge is -2.27. The molecular weight excluding hydrogens is 403 g/mol. The third kappa shape index (κ3) is 5.61. The Bertz CT molecular complexity index is 977. The number of methoxy groups -OCH3 is 1. The minimum atomic E-state index is -0.303. The normalized spacial score (nSPS) is 12.0. The fourth-order valence-corrected chi connectivity index (χ4v) is 3.86. The maximum atomic E-state index is 13.0. The number of hydrogen-bond donors (Lipinski definition) is 1. The Hall–Kier alpha value is -2.84. The Morgan fingerprint density at radius 2 is 2.00 bits per heavy atom. The van der Waals surface area contributed by atoms with Crippen molar-refractivity contribution in [3.05, 3.63) is 75.5 Å². The van der Waals surface area contributed by atoms with Gasteiger partial charge in [-0.05, 0) is 48.9 Å². The van der Waals surface area contributed by atoms with E-state index in [1.807, 2.05) is 18.2 Å². The minimum Gasteiger partial charge on any atom is -0.497 e. The molecule has 1 aromatic heterocycles. The largest absolute Gasteiger partial charge is 0.497 e. The molecule has 0 saturated carbocycles. The van der Waals surface area contributed by atoms with Gasteiger partial charge in [-0.3, -0.25) is 9.69 Å². The number of carbonyl (C=O) groups is 1. The van der Waals surface area contributed by atoms with E-state index in [1.54, 1.807) is 19.2 Å². The molecule has 3 aromatic rings. The third-order valence-electron chi connectivity index (χ3n) is 4.90. The number of hydrogen-bond acceptors (Lipinski definition) is 6. The van der Waals surface area contributed by atoms with Gasteiger partial charge in [0.15, 0.2) is 0 Å². The molecule has 30 heavy (non-hydrogen) atoms. The molecule has 158 valence electrons. The Balaban J connectivity index is 1.61. The van der Waals surface area contributed by atoms with Crippen LogP contribution in [0.1, 0.15) is 45.8 Å². The smallest absolute Gasteiger partial charge is 0.282 e. The highest BCUT2D eigenvalue weighted by Crippen LogP contribution is 2.26. The lowest BCUT2D eigenvalue weighted by molar-refractivity contribution is 0.0950. The SMILES string of the molecule is CCN(Cc1nnc(C(=O)NCc2ccc(F)cc2)s1)C(C)c1cccc(OC)c1. The number of carbonyl (C=O) groups excluding carboxylic acids is 1. The predicted octanol–water partition coefficient (Wildman–Crippen LogP) is 4.20. The quantitative estimate of drug-likeness (QED) is 0.553. The molecule has 1 unspecified atom stereocenters. The molecule has 0 aliphatic rings. The molecule has 0 bridgehead atoms. The fourth-order valence-electron chi connectivity index (χ4n) is 3.08. The molecule has 1 atom stereocenters. The maximum absolute atomic E-state index is 13.0. The molecule has 0 spiro atoms. The second kappa shape index (κ2) is 10.3. The Morgan fingerprint density at radius 3 is 2.70 bits per heavy atom. The van der Waals surface area contributed by atoms with Gasteiger partial charge in [-0.25, -0.2) is 4.39 Å². The zero-order valence-corrected chi connectivity index (χ0v) is 18.1. The number of benzene rings is 2. The van der Waals surface area contributed by atoms with Crippen LogP contribution < -0.4 is 10.1 Å². The van der Waals surface area contributed by atoms with Gasteiger partial charge in [0.2, 0.25) is 5.01 Å². The fraction of sp³-hybridized carbons (Fsp3) is 0.318. The molecule has 3 rings (SSSR count). The van der Waals surface area contributed by atoms with Crippen LogP contribution in [0.5, 0.6) is 5.75 Å². The van der Waals surface area contributed by atoms with Crippen LogP contribution in [0.4, 0.5) is 4.39 Å². The molecule has 0 aliphatic heterocycles. The first-order valence-corrected chi connectivity index (χ1v) is 10.5. The van der Waals surface area contributed by atoms with Crippen molar-refractivity contribution < 1.29 is 13.9 Å². The summed E-state index contributed by atoms with van der Waals surface area (Å²) in [5.41, 5.74) is 1.97. The molecule has 1 heterocycles. The van der Waals surface area contributed by atoms with Crippen LogP contribution in [0.15, 0.2) is 48.5 Å². The highest BCUT2D eigenvalue weighted by Gasteiger charge is 2.19. The monoisotopic (exact) mass is 428 g/mol. The molecule has 0 saturated heterocycles. The first-order chi connectivity index (χ1) is 14.5. The Morgan fingerprint density at radius 1 is 1.23 bits per heavy atom. The maximum Gasteiger partial charge on any atom is 0.282 e. The number of nitrogens with zero attached hydrogens (tertiary/aromatic N) is 3. The van der Waals surface area contributed by atoms with Gasteiger partial charge < -0.3 is 10.1 Å². The van der Waals surface area contributed by atoms with E-state index < -0.39 is 0 Å². The summed E-state index contributed by atoms with van der Waals surface area (Å²) in [6, 6.07) is 14.2. The van der Waals surface area contributed by atoms with Crippen LogP contribution in [0, 0.1) is 5.82 Å². The van der Waals surface area contributed by atoms with E-state index in [0.29, 0.717) is 18.1 Å². The molecule has 8 heteroatoms. The lowest BCUT2D eigenvalue weighted by Crippen LogP contribution is -2.26. The summed E-state index contributed by atoms with van der Waals surface area (Å²) in [7, 11) is 1.66. The molecule has 1 amide bonds. The molecule has 1 N–H and O–H groups in total. The van der Waals surface area contributed by atoms with Crippen molar-refractivity contribution in [3.8, 4) is 5.75 Å². The van der Waals surface area contributed by atoms with E-state index >= 15 is 0 Å². The van der Waals surface area contributed by atoms with E-state index in [0.717, 1.165) is 28.4 Å². The van der Waals surface area contributed by atoms with E-state index in [9.17, 15) is 9.18 Å². The third-order valence-corrected chi connectivity index (χ3v) is 5.80. The van der Waals surface area contributed by atoms with Gasteiger partial charge in [0, 0.05) is 12.6 Å². The number of rotatable bonds is 9. The van der Waals surface area contributed by atoms with Crippen LogP contribution >= 0.6 is 11.3 Å². The van der Waals surface area contributed by atoms with Crippen LogP contribution in [-0.4, -0.2) is 34.7 Å². The number of amides is 1. The molecular formula is C22H25FN4O2S. The van der Waals surface area contributed by atoms with Gasteiger partial charge in [-0.2, -0.15) is 0 Å². The van der Waals surface area contributed by atoms with Gasteiger partial charge in [0.05, 0.1) is 13.7 Å². The van der Waals surface area contributed by atoms with Crippen molar-refractivity contribution in [3.63, 3.8) is 0 Å². The first-order valence-electron chi connectivity index (χ1n) is 9.73. The second-order valence-corrected chi connectivity index (χ2v) is 7.89. The molecule has 0 aliphatic carbocycles. The number of ether oxygens (including phenoxy) is 1. The van der Waals surface area contributed by atoms with Crippen LogP contribution in [0.25, 0.3) is 0 Å². The summed E-state index contributed by atoms with van der Waals surface area (Å²) in [5, 5.41) is 12.1. The summed E-state index contributed by atoms with van der Waals surface area (Å²) < 4.78 is 18.3. The highest BCUT2D eigenvalue weighted by molar-refractivity contribution is 7.13. The van der Waals surface area contributed by atoms with E-state index in [-0.39, 0.29) is 17.8 Å². The lowest BCUT2D eigenvalue weighted by atomic mass is 10.1. The summed E-state index contributed by atoms with van der Waals surface area (Å²) >= 11 is 1.28. The van der Waals surface area contributed by atoms with Gasteiger partial charge in [-0.15, -0.1) is 10.2 Å². The van der Waals surface area contributed by atoms with Crippen molar-refractivity contribution >= 4 is 17.2 Å². The van der Waals surface area contributed by atoms with Gasteiger partial charge in [0.25, 0.3) is 5.91 Å². The Labute approximate surface area is 179 Å². The second-order valence-electron chi connectivity index (χ2n) is 6.83. The number of nitrogens with one attached hydrogen (secondary N) is 1. The minimum absolute atomic E-state index is 0.157. The van der Waals surface area contributed by atoms with Crippen LogP contribution in [0.2, 0.25) is 0 Å². The first kappa shape index (κ1) is 21.9. The van der Waals surface area contributed by atoms with Crippen molar-refractivity contribution in [2.75, 3.05) is 13.7 Å². The van der Waals surface area contributed by atoms with Crippen molar-refractivity contribution in [1.82, 2.24) is 20.4 Å². The van der Waals surface area contributed by atoms with E-state index in [4.69, 9.17) is 4.74 Å². The van der Waals surface area contributed by atoms with Crippen LogP contribution in [-0.2, 0) is 13.1 Å². The van der Waals surface area contributed by atoms with Crippen molar-refractivity contribution in [1.29, 1.82) is 0 Å². The van der Waals surface area contributed by atoms with Gasteiger partial charge in [0.1, 0.15) is 16.6 Å². The highest BCUT2D eigenvalue weighted by atomic mass is 32.1. The average molecular weight is 429 g/mol.